The van der Waals surface area contributed by atoms with Gasteiger partial charge in [-0.1, -0.05) is 0 Å². The summed E-state index contributed by atoms with van der Waals surface area (Å²) in [5.41, 5.74) is 0.418. The van der Waals surface area contributed by atoms with Crippen LogP contribution in [0.25, 0.3) is 0 Å². The van der Waals surface area contributed by atoms with Gasteiger partial charge in [0.15, 0.2) is 11.5 Å². The van der Waals surface area contributed by atoms with E-state index in [1.807, 2.05) is 14.1 Å². The van der Waals surface area contributed by atoms with Crippen LogP contribution in [0.15, 0.2) is 18.2 Å². The first-order valence-electron chi connectivity index (χ1n) is 4.35. The molecule has 0 aliphatic heterocycles. The molecule has 0 amide bonds. The van der Waals surface area contributed by atoms with E-state index >= 15 is 0 Å². The summed E-state index contributed by atoms with van der Waals surface area (Å²) < 4.78 is 0. The zero-order chi connectivity index (χ0) is 10.7. The van der Waals surface area contributed by atoms with Crippen molar-refractivity contribution in [3.05, 3.63) is 23.8 Å². The molecule has 3 N–H and O–H groups in total. The van der Waals surface area contributed by atoms with Crippen molar-refractivity contribution in [2.45, 2.75) is 0 Å². The molecule has 0 aromatic heterocycles. The van der Waals surface area contributed by atoms with Crippen LogP contribution in [0.2, 0.25) is 0 Å². The van der Waals surface area contributed by atoms with E-state index in [-0.39, 0.29) is 17.3 Å². The Morgan fingerprint density at radius 3 is 2.43 bits per heavy atom. The lowest BCUT2D eigenvalue weighted by atomic mass is 10.1. The first-order chi connectivity index (χ1) is 6.50. The SMILES string of the molecule is C[NH+](C)CC(=O)c1ccc(O)c(O)c1. The zero-order valence-corrected chi connectivity index (χ0v) is 8.24. The number of phenolic OH excluding ortho intramolecular Hbond substituents is 2. The number of hydrogen-bond acceptors (Lipinski definition) is 3. The van der Waals surface area contributed by atoms with Crippen LogP contribution in [0, 0.1) is 0 Å². The number of nitrogens with one attached hydrogen (secondary N) is 1. The lowest BCUT2D eigenvalue weighted by molar-refractivity contribution is -0.848. The smallest absolute Gasteiger partial charge is 0.216 e. The molecule has 4 heteroatoms. The monoisotopic (exact) mass is 196 g/mol. The molecular weight excluding hydrogens is 182 g/mol. The molecule has 0 heterocycles. The van der Waals surface area contributed by atoms with Gasteiger partial charge in [-0.25, -0.2) is 0 Å². The summed E-state index contributed by atoms with van der Waals surface area (Å²) in [4.78, 5) is 12.5. The largest absolute Gasteiger partial charge is 0.504 e. The highest BCUT2D eigenvalue weighted by molar-refractivity contribution is 5.97. The Morgan fingerprint density at radius 2 is 1.93 bits per heavy atom. The summed E-state index contributed by atoms with van der Waals surface area (Å²) in [7, 11) is 3.75. The molecule has 0 fully saturated rings. The van der Waals surface area contributed by atoms with E-state index in [4.69, 9.17) is 5.11 Å². The van der Waals surface area contributed by atoms with Crippen molar-refractivity contribution in [3.63, 3.8) is 0 Å². The fraction of sp³-hybridized carbons (Fsp3) is 0.300. The van der Waals surface area contributed by atoms with Gasteiger partial charge in [0, 0.05) is 5.56 Å². The number of Topliss-reactive ketones (excluding diaryl/α,β-unsaturated/α-hetero) is 1. The average molecular weight is 196 g/mol. The molecule has 0 aliphatic carbocycles. The molecule has 0 saturated carbocycles. The molecule has 4 nitrogen and oxygen atoms in total. The van der Waals surface area contributed by atoms with Crippen molar-refractivity contribution in [1.29, 1.82) is 0 Å². The second kappa shape index (κ2) is 4.11. The Morgan fingerprint density at radius 1 is 1.29 bits per heavy atom. The van der Waals surface area contributed by atoms with E-state index < -0.39 is 0 Å². The van der Waals surface area contributed by atoms with Gasteiger partial charge in [0.25, 0.3) is 0 Å². The first kappa shape index (κ1) is 10.5. The molecule has 0 aliphatic rings. The van der Waals surface area contributed by atoms with Gasteiger partial charge in [-0.05, 0) is 18.2 Å². The second-order valence-corrected chi connectivity index (χ2v) is 3.51. The van der Waals surface area contributed by atoms with Crippen molar-refractivity contribution in [3.8, 4) is 11.5 Å². The Hall–Kier alpha value is -1.55. The highest BCUT2D eigenvalue weighted by Crippen LogP contribution is 2.24. The van der Waals surface area contributed by atoms with Gasteiger partial charge in [0.2, 0.25) is 5.78 Å². The van der Waals surface area contributed by atoms with E-state index in [1.54, 1.807) is 0 Å². The Bertz CT molecular complexity index is 347. The third kappa shape index (κ3) is 2.47. The molecule has 76 valence electrons. The molecule has 0 radical (unpaired) electrons. The van der Waals surface area contributed by atoms with Crippen LogP contribution in [-0.2, 0) is 0 Å². The quantitative estimate of drug-likeness (QED) is 0.448. The first-order valence-corrected chi connectivity index (χ1v) is 4.35. The highest BCUT2D eigenvalue weighted by atomic mass is 16.3. The molecule has 0 bridgehead atoms. The predicted molar refractivity (Wildman–Crippen MR) is 51.8 cm³/mol. The number of aromatic hydroxyl groups is 2. The average Bonchev–Trinajstić information content (AvgIpc) is 2.08. The van der Waals surface area contributed by atoms with Crippen LogP contribution >= 0.6 is 0 Å². The molecular formula is C10H14NO3+. The Balaban J connectivity index is 2.86. The van der Waals surface area contributed by atoms with Crippen molar-refractivity contribution in [2.75, 3.05) is 20.6 Å². The van der Waals surface area contributed by atoms with Crippen LogP contribution in [0.4, 0.5) is 0 Å². The molecule has 1 aromatic rings. The molecule has 0 spiro atoms. The summed E-state index contributed by atoms with van der Waals surface area (Å²) in [6.45, 7) is 0.365. The molecule has 0 saturated heterocycles. The van der Waals surface area contributed by atoms with Crippen LogP contribution in [-0.4, -0.2) is 36.6 Å². The third-order valence-corrected chi connectivity index (χ3v) is 1.81. The Labute approximate surface area is 82.4 Å². The summed E-state index contributed by atoms with van der Waals surface area (Å²) in [5, 5.41) is 18.2. The van der Waals surface area contributed by atoms with Gasteiger partial charge in [0.05, 0.1) is 14.1 Å². The van der Waals surface area contributed by atoms with Gasteiger partial charge in [-0.15, -0.1) is 0 Å². The zero-order valence-electron chi connectivity index (χ0n) is 8.24. The van der Waals surface area contributed by atoms with Crippen LogP contribution in [0.3, 0.4) is 0 Å². The van der Waals surface area contributed by atoms with Crippen LogP contribution < -0.4 is 4.90 Å². The van der Waals surface area contributed by atoms with Gasteiger partial charge in [-0.2, -0.15) is 0 Å². The minimum Gasteiger partial charge on any atom is -0.504 e. The fourth-order valence-electron chi connectivity index (χ4n) is 1.12. The van der Waals surface area contributed by atoms with Crippen molar-refractivity contribution < 1.29 is 19.9 Å². The summed E-state index contributed by atoms with van der Waals surface area (Å²) in [6, 6.07) is 4.09. The number of hydrogen-bond donors (Lipinski definition) is 3. The lowest BCUT2D eigenvalue weighted by Crippen LogP contribution is -3.06. The van der Waals surface area contributed by atoms with E-state index in [0.29, 0.717) is 12.1 Å². The minimum absolute atomic E-state index is 0.0553. The Kier molecular flexibility index (Phi) is 3.09. The molecule has 1 rings (SSSR count). The maximum Gasteiger partial charge on any atom is 0.216 e. The number of phenols is 2. The second-order valence-electron chi connectivity index (χ2n) is 3.51. The summed E-state index contributed by atoms with van der Waals surface area (Å²) >= 11 is 0. The van der Waals surface area contributed by atoms with Crippen molar-refractivity contribution in [2.24, 2.45) is 0 Å². The maximum atomic E-state index is 11.5. The van der Waals surface area contributed by atoms with Gasteiger partial charge in [0.1, 0.15) is 6.54 Å². The van der Waals surface area contributed by atoms with Crippen LogP contribution in [0.5, 0.6) is 11.5 Å². The minimum atomic E-state index is -0.260. The lowest BCUT2D eigenvalue weighted by Gasteiger charge is -2.06. The maximum absolute atomic E-state index is 11.5. The van der Waals surface area contributed by atoms with Crippen molar-refractivity contribution >= 4 is 5.78 Å². The molecule has 14 heavy (non-hydrogen) atoms. The summed E-state index contributed by atoms with van der Waals surface area (Å²) in [6.07, 6.45) is 0. The van der Waals surface area contributed by atoms with E-state index in [2.05, 4.69) is 0 Å². The number of quaternary nitrogens is 1. The highest BCUT2D eigenvalue weighted by Gasteiger charge is 2.11. The number of carbonyl (C=O) groups is 1. The van der Waals surface area contributed by atoms with Crippen LogP contribution in [0.1, 0.15) is 10.4 Å². The number of benzene rings is 1. The number of carbonyl (C=O) groups excluding carboxylic acids is 1. The molecule has 1 aromatic carbocycles. The van der Waals surface area contributed by atoms with E-state index in [9.17, 15) is 9.90 Å². The van der Waals surface area contributed by atoms with Gasteiger partial charge >= 0.3 is 0 Å². The van der Waals surface area contributed by atoms with Gasteiger partial charge in [-0.3, -0.25) is 4.79 Å². The standard InChI is InChI=1S/C10H13NO3/c1-11(2)6-10(14)7-3-4-8(12)9(13)5-7/h3-5,12-13H,6H2,1-2H3/p+1. The normalized spacial score (nSPS) is 10.5. The van der Waals surface area contributed by atoms with E-state index in [0.717, 1.165) is 4.90 Å². The number of ketones is 1. The molecule has 0 unspecified atom stereocenters. The third-order valence-electron chi connectivity index (χ3n) is 1.81. The number of likely N-dealkylation sites (N-methyl/N-ethyl adjacent to an activating group) is 1. The topological polar surface area (TPSA) is 62.0 Å². The van der Waals surface area contributed by atoms with Gasteiger partial charge < -0.3 is 15.1 Å². The number of rotatable bonds is 3. The molecule has 0 atom stereocenters. The fourth-order valence-corrected chi connectivity index (χ4v) is 1.12. The van der Waals surface area contributed by atoms with Crippen molar-refractivity contribution in [1.82, 2.24) is 0 Å². The van der Waals surface area contributed by atoms with E-state index in [1.165, 1.54) is 18.2 Å². The summed E-state index contributed by atoms with van der Waals surface area (Å²) in [5.74, 6) is -0.524. The predicted octanol–water partition coefficient (Wildman–Crippen LogP) is -0.575.